The summed E-state index contributed by atoms with van der Waals surface area (Å²) in [6.07, 6.45) is -0.137. The maximum Gasteiger partial charge on any atom is 0.254 e. The highest BCUT2D eigenvalue weighted by Crippen LogP contribution is 2.51. The van der Waals surface area contributed by atoms with E-state index in [-0.39, 0.29) is 29.9 Å². The number of carbonyl (C=O) groups is 1. The number of hydrogen-bond donors (Lipinski definition) is 0. The van der Waals surface area contributed by atoms with Gasteiger partial charge < -0.3 is 28.6 Å². The monoisotopic (exact) mass is 566 g/mol. The number of benzene rings is 1. The lowest BCUT2D eigenvalue weighted by molar-refractivity contribution is -0.101. The summed E-state index contributed by atoms with van der Waals surface area (Å²) in [4.78, 5) is 17.3. The van der Waals surface area contributed by atoms with Crippen LogP contribution in [-0.2, 0) is 14.0 Å². The van der Waals surface area contributed by atoms with Crippen molar-refractivity contribution in [1.82, 2.24) is 19.1 Å². The van der Waals surface area contributed by atoms with Crippen molar-refractivity contribution in [2.24, 2.45) is 0 Å². The van der Waals surface area contributed by atoms with E-state index in [9.17, 15) is 9.36 Å². The van der Waals surface area contributed by atoms with Crippen molar-refractivity contribution in [1.29, 1.82) is 0 Å². The molecular weight excluding hydrogens is 522 g/mol. The van der Waals surface area contributed by atoms with E-state index in [1.165, 1.54) is 21.3 Å². The van der Waals surface area contributed by atoms with Gasteiger partial charge in [0.15, 0.2) is 11.5 Å². The molecule has 2 saturated heterocycles. The first-order chi connectivity index (χ1) is 18.3. The fourth-order valence-electron chi connectivity index (χ4n) is 4.86. The van der Waals surface area contributed by atoms with Crippen LogP contribution in [0.15, 0.2) is 12.1 Å². The number of morpholine rings is 1. The number of methoxy groups -OCH3 is 3. The fraction of sp³-hybridized carbons (Fsp3) is 0.731. The molecule has 0 aromatic heterocycles. The number of amides is 1. The molecule has 1 aromatic carbocycles. The predicted molar refractivity (Wildman–Crippen MR) is 151 cm³/mol. The van der Waals surface area contributed by atoms with Crippen molar-refractivity contribution in [3.05, 3.63) is 17.7 Å². The number of piperazine rings is 1. The third-order valence-electron chi connectivity index (χ3n) is 7.23. The van der Waals surface area contributed by atoms with Crippen molar-refractivity contribution < 1.29 is 33.0 Å². The van der Waals surface area contributed by atoms with Gasteiger partial charge >= 0.3 is 0 Å². The van der Waals surface area contributed by atoms with Gasteiger partial charge in [0.05, 0.1) is 34.0 Å². The molecular formula is C26H44BN4O7P. The zero-order chi connectivity index (χ0) is 29.0. The second-order valence-electron chi connectivity index (χ2n) is 11.0. The molecule has 0 saturated carbocycles. The molecule has 1 aromatic rings. The summed E-state index contributed by atoms with van der Waals surface area (Å²) < 4.78 is 45.8. The largest absolute Gasteiger partial charge is 0.493 e. The Hall–Kier alpha value is -1.82. The van der Waals surface area contributed by atoms with E-state index in [4.69, 9.17) is 31.5 Å². The molecule has 2 heterocycles. The maximum atomic E-state index is 14.1. The van der Waals surface area contributed by atoms with Crippen LogP contribution in [-0.4, -0.2) is 138 Å². The molecule has 3 rings (SSSR count). The molecule has 2 aliphatic rings. The van der Waals surface area contributed by atoms with Gasteiger partial charge in [0, 0.05) is 56.4 Å². The molecule has 0 spiro atoms. The Morgan fingerprint density at radius 2 is 1.64 bits per heavy atom. The Kier molecular flexibility index (Phi) is 10.8. The van der Waals surface area contributed by atoms with E-state index in [0.717, 1.165) is 0 Å². The van der Waals surface area contributed by atoms with E-state index >= 15 is 0 Å². The van der Waals surface area contributed by atoms with E-state index in [0.29, 0.717) is 68.7 Å². The number of ether oxygens (including phenoxy) is 5. The molecule has 2 radical (unpaired) electrons. The van der Waals surface area contributed by atoms with Gasteiger partial charge in [0.25, 0.3) is 5.91 Å². The van der Waals surface area contributed by atoms with Crippen molar-refractivity contribution in [3.8, 4) is 17.2 Å². The van der Waals surface area contributed by atoms with Gasteiger partial charge in [-0.05, 0) is 47.0 Å². The molecule has 0 N–H and O–H groups in total. The van der Waals surface area contributed by atoms with Gasteiger partial charge in [-0.2, -0.15) is 0 Å². The molecule has 3 unspecified atom stereocenters. The molecule has 0 bridgehead atoms. The lowest BCUT2D eigenvalue weighted by Crippen LogP contribution is -2.56. The first kappa shape index (κ1) is 31.7. The van der Waals surface area contributed by atoms with Gasteiger partial charge in [0.2, 0.25) is 13.2 Å². The van der Waals surface area contributed by atoms with Gasteiger partial charge in [-0.3, -0.25) is 14.3 Å². The number of hydrogen-bond acceptors (Lipinski definition) is 8. The van der Waals surface area contributed by atoms with Crippen LogP contribution in [0, 0.1) is 0 Å². The second-order valence-corrected chi connectivity index (χ2v) is 14.0. The fourth-order valence-corrected chi connectivity index (χ4v) is 6.91. The van der Waals surface area contributed by atoms with Crippen LogP contribution in [0.3, 0.4) is 0 Å². The Labute approximate surface area is 234 Å². The van der Waals surface area contributed by atoms with Crippen LogP contribution in [0.5, 0.6) is 17.2 Å². The Balaban J connectivity index is 1.61. The highest BCUT2D eigenvalue weighted by Gasteiger charge is 2.38. The van der Waals surface area contributed by atoms with Crippen LogP contribution in [0.2, 0.25) is 0 Å². The van der Waals surface area contributed by atoms with Crippen molar-refractivity contribution >= 4 is 21.2 Å². The first-order valence-electron chi connectivity index (χ1n) is 13.2. The minimum absolute atomic E-state index is 0.0300. The van der Waals surface area contributed by atoms with E-state index < -0.39 is 7.44 Å². The van der Waals surface area contributed by atoms with Crippen LogP contribution >= 0.6 is 7.44 Å². The highest BCUT2D eigenvalue weighted by molar-refractivity contribution is 7.58. The summed E-state index contributed by atoms with van der Waals surface area (Å²) in [5.74, 6) is 1.11. The van der Waals surface area contributed by atoms with Crippen LogP contribution in [0.4, 0.5) is 0 Å². The predicted octanol–water partition coefficient (Wildman–Crippen LogP) is 2.19. The normalized spacial score (nSPS) is 22.9. The molecule has 218 valence electrons. The minimum Gasteiger partial charge on any atom is -0.493 e. The molecule has 3 atom stereocenters. The zero-order valence-electron chi connectivity index (χ0n) is 24.6. The van der Waals surface area contributed by atoms with Gasteiger partial charge in [-0.1, -0.05) is 0 Å². The lowest BCUT2D eigenvalue weighted by atomic mass is 9.94. The molecule has 11 nitrogen and oxygen atoms in total. The third-order valence-corrected chi connectivity index (χ3v) is 10.3. The Morgan fingerprint density at radius 1 is 1.05 bits per heavy atom. The second kappa shape index (κ2) is 13.2. The maximum absolute atomic E-state index is 14.1. The van der Waals surface area contributed by atoms with Crippen molar-refractivity contribution in [3.63, 3.8) is 0 Å². The molecule has 13 heteroatoms. The van der Waals surface area contributed by atoms with Crippen molar-refractivity contribution in [2.75, 3.05) is 87.6 Å². The topological polar surface area (TPSA) is 93.3 Å². The van der Waals surface area contributed by atoms with Gasteiger partial charge in [0.1, 0.15) is 14.2 Å². The lowest BCUT2D eigenvalue weighted by Gasteiger charge is -2.44. The van der Waals surface area contributed by atoms with Crippen molar-refractivity contribution in [2.45, 2.75) is 38.4 Å². The van der Waals surface area contributed by atoms with Gasteiger partial charge in [-0.15, -0.1) is 0 Å². The van der Waals surface area contributed by atoms with E-state index in [1.54, 1.807) is 35.8 Å². The number of nitrogens with zero attached hydrogens (tertiary/aromatic N) is 4. The Morgan fingerprint density at radius 3 is 2.13 bits per heavy atom. The molecule has 39 heavy (non-hydrogen) atoms. The molecule has 2 aliphatic heterocycles. The molecule has 0 aliphatic carbocycles. The summed E-state index contributed by atoms with van der Waals surface area (Å²) in [5.41, 5.74) is 0.407. The highest BCUT2D eigenvalue weighted by atomic mass is 31.2. The molecule has 2 fully saturated rings. The number of rotatable bonds is 10. The van der Waals surface area contributed by atoms with Gasteiger partial charge in [-0.25, -0.2) is 9.34 Å². The van der Waals surface area contributed by atoms with Crippen LogP contribution in [0.25, 0.3) is 0 Å². The van der Waals surface area contributed by atoms with Crippen LogP contribution in [0.1, 0.15) is 31.1 Å². The SMILES string of the molecule is [B]C1CN(C(C)(C)C)CC(COCP(=O)(N(C)C)N2CCN(C(=O)c3cc(OC)c(OC)c(OC)c3)CC2)O1. The summed E-state index contributed by atoms with van der Waals surface area (Å²) in [5, 5.41) is 0. The first-order valence-corrected chi connectivity index (χ1v) is 15.0. The zero-order valence-corrected chi connectivity index (χ0v) is 25.5. The van der Waals surface area contributed by atoms with E-state index in [1.807, 2.05) is 4.67 Å². The Bertz CT molecular complexity index is 1010. The number of carbonyl (C=O) groups excluding carboxylic acids is 1. The molecule has 1 amide bonds. The smallest absolute Gasteiger partial charge is 0.254 e. The average molecular weight is 566 g/mol. The quantitative estimate of drug-likeness (QED) is 0.310. The standard InChI is InChI=1S/C26H44BN4O7P/c1-26(2,3)30-15-20(38-23(27)16-30)17-37-18-39(33,28(4)5)31-11-9-29(10-12-31)25(32)19-13-21(34-6)24(36-8)22(14-19)35-7/h13-14,20,23H,9-12,15-18H2,1-8H3. The summed E-state index contributed by atoms with van der Waals surface area (Å²) in [7, 11) is 11.2. The minimum atomic E-state index is -3.01. The average Bonchev–Trinajstić information content (AvgIpc) is 2.90. The summed E-state index contributed by atoms with van der Waals surface area (Å²) in [6.45, 7) is 9.87. The van der Waals surface area contributed by atoms with Crippen LogP contribution < -0.4 is 14.2 Å². The summed E-state index contributed by atoms with van der Waals surface area (Å²) in [6, 6.07) is 2.91. The third kappa shape index (κ3) is 7.48. The summed E-state index contributed by atoms with van der Waals surface area (Å²) >= 11 is 0. The van der Waals surface area contributed by atoms with E-state index in [2.05, 4.69) is 25.7 Å².